The number of nitriles is 1. The number of halogens is 1. The van der Waals surface area contributed by atoms with E-state index in [4.69, 9.17) is 0 Å². The quantitative estimate of drug-likeness (QED) is 0.528. The topological polar surface area (TPSA) is 49.0 Å². The SMILES string of the molecule is Cc1ccsc1-c1c(C#N)c2ccccc2n1-c1ccc(O)c(F)c1. The summed E-state index contributed by atoms with van der Waals surface area (Å²) in [5, 5.41) is 22.1. The van der Waals surface area contributed by atoms with Crippen molar-refractivity contribution in [2.75, 3.05) is 0 Å². The van der Waals surface area contributed by atoms with Crippen LogP contribution in [0, 0.1) is 24.1 Å². The van der Waals surface area contributed by atoms with Crippen molar-refractivity contribution >= 4 is 22.2 Å². The van der Waals surface area contributed by atoms with Crippen LogP contribution in [0.15, 0.2) is 53.9 Å². The Morgan fingerprint density at radius 1 is 1.16 bits per heavy atom. The second-order valence-electron chi connectivity index (χ2n) is 5.76. The molecule has 122 valence electrons. The summed E-state index contributed by atoms with van der Waals surface area (Å²) < 4.78 is 15.9. The third-order valence-corrected chi connectivity index (χ3v) is 5.28. The molecular formula is C20H13FN2OS. The van der Waals surface area contributed by atoms with Gasteiger partial charge in [0.1, 0.15) is 6.07 Å². The Labute approximate surface area is 147 Å². The minimum absolute atomic E-state index is 0.394. The summed E-state index contributed by atoms with van der Waals surface area (Å²) in [5.74, 6) is -1.09. The first kappa shape index (κ1) is 15.4. The van der Waals surface area contributed by atoms with Crippen LogP contribution in [0.4, 0.5) is 4.39 Å². The monoisotopic (exact) mass is 348 g/mol. The van der Waals surface area contributed by atoms with E-state index in [9.17, 15) is 14.8 Å². The van der Waals surface area contributed by atoms with Crippen LogP contribution < -0.4 is 0 Å². The number of fused-ring (bicyclic) bond motifs is 1. The second-order valence-corrected chi connectivity index (χ2v) is 6.67. The fraction of sp³-hybridized carbons (Fsp3) is 0.0500. The highest BCUT2D eigenvalue weighted by Gasteiger charge is 2.22. The first-order valence-electron chi connectivity index (χ1n) is 7.68. The molecule has 1 N–H and O–H groups in total. The molecule has 5 heteroatoms. The van der Waals surface area contributed by atoms with Crippen LogP contribution in [-0.4, -0.2) is 9.67 Å². The van der Waals surface area contributed by atoms with Gasteiger partial charge in [-0.15, -0.1) is 11.3 Å². The zero-order chi connectivity index (χ0) is 17.6. The van der Waals surface area contributed by atoms with Crippen molar-refractivity contribution in [3.63, 3.8) is 0 Å². The predicted octanol–water partition coefficient (Wildman–Crippen LogP) is 5.38. The average Bonchev–Trinajstić information content (AvgIpc) is 3.17. The molecule has 3 nitrogen and oxygen atoms in total. The van der Waals surface area contributed by atoms with Gasteiger partial charge in [0.25, 0.3) is 0 Å². The van der Waals surface area contributed by atoms with Gasteiger partial charge in [-0.05, 0) is 42.1 Å². The lowest BCUT2D eigenvalue weighted by Gasteiger charge is -2.12. The van der Waals surface area contributed by atoms with E-state index in [0.29, 0.717) is 11.3 Å². The molecule has 0 aliphatic heterocycles. The zero-order valence-electron chi connectivity index (χ0n) is 13.3. The molecule has 2 aromatic carbocycles. The maximum atomic E-state index is 14.0. The molecule has 0 radical (unpaired) electrons. The molecule has 0 atom stereocenters. The van der Waals surface area contributed by atoms with Gasteiger partial charge in [0.2, 0.25) is 0 Å². The van der Waals surface area contributed by atoms with Crippen molar-refractivity contribution in [2.24, 2.45) is 0 Å². The minimum Gasteiger partial charge on any atom is -0.505 e. The third-order valence-electron chi connectivity index (χ3n) is 4.25. The smallest absolute Gasteiger partial charge is 0.166 e. The van der Waals surface area contributed by atoms with Gasteiger partial charge in [-0.25, -0.2) is 4.39 Å². The Hall–Kier alpha value is -3.10. The number of nitrogens with zero attached hydrogens (tertiary/aromatic N) is 2. The summed E-state index contributed by atoms with van der Waals surface area (Å²) in [6.45, 7) is 1.99. The summed E-state index contributed by atoms with van der Waals surface area (Å²) in [4.78, 5) is 0.973. The van der Waals surface area contributed by atoms with Crippen LogP contribution in [0.3, 0.4) is 0 Å². The normalized spacial score (nSPS) is 10.9. The van der Waals surface area contributed by atoms with E-state index in [2.05, 4.69) is 6.07 Å². The number of aryl methyl sites for hydroxylation is 1. The van der Waals surface area contributed by atoms with Crippen LogP contribution in [-0.2, 0) is 0 Å². The molecule has 0 aliphatic rings. The first-order valence-corrected chi connectivity index (χ1v) is 8.56. The van der Waals surface area contributed by atoms with Gasteiger partial charge in [0, 0.05) is 17.1 Å². The number of benzene rings is 2. The molecule has 0 saturated heterocycles. The number of hydrogen-bond donors (Lipinski definition) is 1. The van der Waals surface area contributed by atoms with Crippen LogP contribution >= 0.6 is 11.3 Å². The Bertz CT molecular complexity index is 1150. The van der Waals surface area contributed by atoms with E-state index in [1.165, 1.54) is 12.1 Å². The molecule has 0 bridgehead atoms. The average molecular weight is 348 g/mol. The van der Waals surface area contributed by atoms with Gasteiger partial charge in [-0.3, -0.25) is 0 Å². The first-order chi connectivity index (χ1) is 12.1. The number of hydrogen-bond acceptors (Lipinski definition) is 3. The molecule has 0 spiro atoms. The molecule has 4 rings (SSSR count). The van der Waals surface area contributed by atoms with Gasteiger partial charge < -0.3 is 9.67 Å². The standard InChI is InChI=1S/C20H13FN2OS/c1-12-8-9-25-20(12)19-15(11-22)14-4-2-3-5-17(14)23(19)13-6-7-18(24)16(21)10-13/h2-10,24H,1H3. The fourth-order valence-electron chi connectivity index (χ4n) is 3.09. The molecule has 4 aromatic rings. The minimum atomic E-state index is -0.692. The van der Waals surface area contributed by atoms with Gasteiger partial charge >= 0.3 is 0 Å². The van der Waals surface area contributed by atoms with Crippen molar-refractivity contribution in [3.05, 3.63) is 70.9 Å². The highest BCUT2D eigenvalue weighted by molar-refractivity contribution is 7.13. The number of phenols is 1. The molecular weight excluding hydrogens is 335 g/mol. The molecule has 2 aromatic heterocycles. The maximum Gasteiger partial charge on any atom is 0.166 e. The van der Waals surface area contributed by atoms with Crippen molar-refractivity contribution in [1.29, 1.82) is 5.26 Å². The van der Waals surface area contributed by atoms with Gasteiger partial charge in [0.05, 0.1) is 21.7 Å². The Kier molecular flexibility index (Phi) is 3.56. The van der Waals surface area contributed by atoms with Gasteiger partial charge in [-0.1, -0.05) is 18.2 Å². The van der Waals surface area contributed by atoms with Crippen molar-refractivity contribution in [1.82, 2.24) is 4.57 Å². The Morgan fingerprint density at radius 2 is 1.96 bits per heavy atom. The van der Waals surface area contributed by atoms with Crippen molar-refractivity contribution in [3.8, 4) is 28.1 Å². The van der Waals surface area contributed by atoms with E-state index in [1.54, 1.807) is 17.4 Å². The molecule has 25 heavy (non-hydrogen) atoms. The van der Waals surface area contributed by atoms with E-state index >= 15 is 0 Å². The molecule has 0 amide bonds. The molecule has 0 fully saturated rings. The maximum absolute atomic E-state index is 14.0. The molecule has 2 heterocycles. The molecule has 0 aliphatic carbocycles. The van der Waals surface area contributed by atoms with Crippen molar-refractivity contribution < 1.29 is 9.50 Å². The highest BCUT2D eigenvalue weighted by Crippen LogP contribution is 2.40. The van der Waals surface area contributed by atoms with Gasteiger partial charge in [0.15, 0.2) is 11.6 Å². The van der Waals surface area contributed by atoms with Crippen LogP contribution in [0.2, 0.25) is 0 Å². The Balaban J connectivity index is 2.17. The lowest BCUT2D eigenvalue weighted by Crippen LogP contribution is -1.98. The lowest BCUT2D eigenvalue weighted by atomic mass is 10.1. The van der Waals surface area contributed by atoms with E-state index in [0.717, 1.165) is 27.0 Å². The van der Waals surface area contributed by atoms with Crippen molar-refractivity contribution in [2.45, 2.75) is 6.92 Å². The van der Waals surface area contributed by atoms with Gasteiger partial charge in [-0.2, -0.15) is 5.26 Å². The summed E-state index contributed by atoms with van der Waals surface area (Å²) >= 11 is 1.55. The predicted molar refractivity (Wildman–Crippen MR) is 97.7 cm³/mol. The van der Waals surface area contributed by atoms with Crippen LogP contribution in [0.25, 0.3) is 27.2 Å². The number of thiophene rings is 1. The number of aromatic hydroxyl groups is 1. The number of para-hydroxylation sites is 1. The van der Waals surface area contributed by atoms with Crippen LogP contribution in [0.1, 0.15) is 11.1 Å². The number of rotatable bonds is 2. The summed E-state index contributed by atoms with van der Waals surface area (Å²) in [5.41, 5.74) is 3.77. The third kappa shape index (κ3) is 2.31. The van der Waals surface area contributed by atoms with E-state index in [1.807, 2.05) is 47.2 Å². The van der Waals surface area contributed by atoms with E-state index < -0.39 is 11.6 Å². The number of phenolic OH excluding ortho intramolecular Hbond substituents is 1. The molecule has 0 saturated carbocycles. The number of aromatic nitrogens is 1. The zero-order valence-corrected chi connectivity index (χ0v) is 14.1. The summed E-state index contributed by atoms with van der Waals surface area (Å²) in [6, 6.07) is 16.2. The Morgan fingerprint density at radius 3 is 2.64 bits per heavy atom. The van der Waals surface area contributed by atoms with Crippen LogP contribution in [0.5, 0.6) is 5.75 Å². The summed E-state index contributed by atoms with van der Waals surface area (Å²) in [6.07, 6.45) is 0. The summed E-state index contributed by atoms with van der Waals surface area (Å²) in [7, 11) is 0. The lowest BCUT2D eigenvalue weighted by molar-refractivity contribution is 0.432. The fourth-order valence-corrected chi connectivity index (χ4v) is 4.05. The highest BCUT2D eigenvalue weighted by atomic mass is 32.1. The van der Waals surface area contributed by atoms with E-state index in [-0.39, 0.29) is 0 Å². The molecule has 0 unspecified atom stereocenters. The largest absolute Gasteiger partial charge is 0.505 e. The second kappa shape index (κ2) is 5.76.